The lowest BCUT2D eigenvalue weighted by Crippen LogP contribution is -2.36. The van der Waals surface area contributed by atoms with Gasteiger partial charge in [-0.3, -0.25) is 4.79 Å². The van der Waals surface area contributed by atoms with Crippen molar-refractivity contribution in [1.82, 2.24) is 0 Å². The molecule has 1 aromatic carbocycles. The second-order valence-corrected chi connectivity index (χ2v) is 4.85. The molecular weight excluding hydrogens is 222 g/mol. The van der Waals surface area contributed by atoms with Crippen LogP contribution < -0.4 is 10.2 Å². The van der Waals surface area contributed by atoms with Gasteiger partial charge >= 0.3 is 0 Å². The molecule has 1 aromatic rings. The largest absolute Gasteiger partial charge is 0.388 e. The SMILES string of the molecule is CNc1ccc2c(c1)N(C#N)C(=O)C(C)S2. The Morgan fingerprint density at radius 3 is 2.94 bits per heavy atom. The van der Waals surface area contributed by atoms with Crippen molar-refractivity contribution in [3.63, 3.8) is 0 Å². The van der Waals surface area contributed by atoms with Crippen molar-refractivity contribution in [1.29, 1.82) is 5.26 Å². The van der Waals surface area contributed by atoms with Crippen LogP contribution in [0.5, 0.6) is 0 Å². The van der Waals surface area contributed by atoms with E-state index in [9.17, 15) is 4.79 Å². The summed E-state index contributed by atoms with van der Waals surface area (Å²) in [6, 6.07) is 5.68. The van der Waals surface area contributed by atoms with E-state index in [0.29, 0.717) is 5.69 Å². The number of hydrogen-bond acceptors (Lipinski definition) is 4. The lowest BCUT2D eigenvalue weighted by atomic mass is 10.2. The maximum Gasteiger partial charge on any atom is 0.253 e. The van der Waals surface area contributed by atoms with Crippen LogP contribution in [0, 0.1) is 11.5 Å². The van der Waals surface area contributed by atoms with Crippen LogP contribution in [0.3, 0.4) is 0 Å². The minimum absolute atomic E-state index is 0.159. The second-order valence-electron chi connectivity index (χ2n) is 3.47. The molecule has 1 atom stereocenters. The Morgan fingerprint density at radius 2 is 2.31 bits per heavy atom. The number of nitriles is 1. The highest BCUT2D eigenvalue weighted by Gasteiger charge is 2.30. The molecule has 0 fully saturated rings. The Hall–Kier alpha value is -1.67. The summed E-state index contributed by atoms with van der Waals surface area (Å²) in [5.41, 5.74) is 1.56. The van der Waals surface area contributed by atoms with Crippen molar-refractivity contribution in [2.24, 2.45) is 0 Å². The molecule has 0 radical (unpaired) electrons. The summed E-state index contributed by atoms with van der Waals surface area (Å²) in [6.45, 7) is 1.81. The zero-order chi connectivity index (χ0) is 11.7. The summed E-state index contributed by atoms with van der Waals surface area (Å²) >= 11 is 1.49. The molecule has 0 aliphatic carbocycles. The van der Waals surface area contributed by atoms with E-state index < -0.39 is 0 Å². The van der Waals surface area contributed by atoms with Crippen molar-refractivity contribution in [3.05, 3.63) is 18.2 Å². The number of nitrogens with one attached hydrogen (secondary N) is 1. The van der Waals surface area contributed by atoms with Crippen LogP contribution in [0.4, 0.5) is 11.4 Å². The smallest absolute Gasteiger partial charge is 0.253 e. The fourth-order valence-electron chi connectivity index (χ4n) is 1.59. The van der Waals surface area contributed by atoms with Gasteiger partial charge in [-0.15, -0.1) is 11.8 Å². The second kappa shape index (κ2) is 4.06. The molecule has 16 heavy (non-hydrogen) atoms. The summed E-state index contributed by atoms with van der Waals surface area (Å²) in [4.78, 5) is 13.9. The van der Waals surface area contributed by atoms with E-state index in [1.807, 2.05) is 31.3 Å². The van der Waals surface area contributed by atoms with Gasteiger partial charge in [-0.2, -0.15) is 5.26 Å². The molecular formula is C11H11N3OS. The fourth-order valence-corrected chi connectivity index (χ4v) is 2.60. The molecule has 0 saturated heterocycles. The van der Waals surface area contributed by atoms with E-state index in [-0.39, 0.29) is 11.2 Å². The van der Waals surface area contributed by atoms with Gasteiger partial charge in [0, 0.05) is 17.6 Å². The summed E-state index contributed by atoms with van der Waals surface area (Å²) in [7, 11) is 1.80. The Kier molecular flexibility index (Phi) is 2.75. The van der Waals surface area contributed by atoms with Crippen molar-refractivity contribution in [2.45, 2.75) is 17.1 Å². The molecule has 82 valence electrons. The highest BCUT2D eigenvalue weighted by Crippen LogP contribution is 2.40. The third-order valence-corrected chi connectivity index (χ3v) is 3.61. The molecule has 1 unspecified atom stereocenters. The van der Waals surface area contributed by atoms with Crippen molar-refractivity contribution >= 4 is 29.0 Å². The van der Waals surface area contributed by atoms with E-state index >= 15 is 0 Å². The van der Waals surface area contributed by atoms with Gasteiger partial charge in [0.25, 0.3) is 5.91 Å². The molecule has 0 aromatic heterocycles. The number of carbonyl (C=O) groups excluding carboxylic acids is 1. The van der Waals surface area contributed by atoms with E-state index in [0.717, 1.165) is 15.5 Å². The molecule has 5 heteroatoms. The van der Waals surface area contributed by atoms with E-state index in [1.165, 1.54) is 11.8 Å². The first-order valence-electron chi connectivity index (χ1n) is 4.89. The standard InChI is InChI=1S/C11H11N3OS/c1-7-11(15)14(6-12)9-5-8(13-2)3-4-10(9)16-7/h3-5,7,13H,1-2H3. The van der Waals surface area contributed by atoms with Gasteiger partial charge < -0.3 is 5.32 Å². The lowest BCUT2D eigenvalue weighted by molar-refractivity contribution is -0.117. The van der Waals surface area contributed by atoms with Crippen molar-refractivity contribution in [3.8, 4) is 6.19 Å². The molecule has 1 amide bonds. The summed E-state index contributed by atoms with van der Waals surface area (Å²) < 4.78 is 0. The number of hydrogen-bond donors (Lipinski definition) is 1. The fraction of sp³-hybridized carbons (Fsp3) is 0.273. The van der Waals surface area contributed by atoms with Gasteiger partial charge in [0.05, 0.1) is 10.9 Å². The quantitative estimate of drug-likeness (QED) is 0.754. The van der Waals surface area contributed by atoms with Gasteiger partial charge in [0.2, 0.25) is 0 Å². The number of rotatable bonds is 1. The van der Waals surface area contributed by atoms with E-state index in [4.69, 9.17) is 5.26 Å². The minimum Gasteiger partial charge on any atom is -0.388 e. The number of fused-ring (bicyclic) bond motifs is 1. The predicted octanol–water partition coefficient (Wildman–Crippen LogP) is 2.04. The lowest BCUT2D eigenvalue weighted by Gasteiger charge is -2.26. The molecule has 1 aliphatic heterocycles. The molecule has 2 rings (SSSR count). The Bertz CT molecular complexity index is 481. The molecule has 1 aliphatic rings. The first kappa shape index (κ1) is 10.8. The van der Waals surface area contributed by atoms with E-state index in [1.54, 1.807) is 7.05 Å². The number of thioether (sulfide) groups is 1. The highest BCUT2D eigenvalue weighted by atomic mass is 32.2. The number of anilines is 2. The third kappa shape index (κ3) is 1.61. The van der Waals surface area contributed by atoms with Gasteiger partial charge in [-0.25, -0.2) is 4.90 Å². The van der Waals surface area contributed by atoms with Gasteiger partial charge in [-0.1, -0.05) is 0 Å². The molecule has 1 N–H and O–H groups in total. The van der Waals surface area contributed by atoms with Crippen molar-refractivity contribution < 1.29 is 4.79 Å². The van der Waals surface area contributed by atoms with Crippen LogP contribution in [-0.2, 0) is 4.79 Å². The van der Waals surface area contributed by atoms with E-state index in [2.05, 4.69) is 5.32 Å². The van der Waals surface area contributed by atoms with Crippen LogP contribution in [0.15, 0.2) is 23.1 Å². The minimum atomic E-state index is -0.201. The Morgan fingerprint density at radius 1 is 1.56 bits per heavy atom. The Labute approximate surface area is 98.2 Å². The van der Waals surface area contributed by atoms with Crippen LogP contribution in [0.2, 0.25) is 0 Å². The average molecular weight is 233 g/mol. The Balaban J connectivity index is 2.53. The predicted molar refractivity (Wildman–Crippen MR) is 64.4 cm³/mol. The number of amides is 1. The first-order chi connectivity index (χ1) is 7.67. The highest BCUT2D eigenvalue weighted by molar-refractivity contribution is 8.01. The van der Waals surface area contributed by atoms with Gasteiger partial charge in [0.1, 0.15) is 0 Å². The van der Waals surface area contributed by atoms with Gasteiger partial charge in [0.15, 0.2) is 6.19 Å². The monoisotopic (exact) mass is 233 g/mol. The first-order valence-corrected chi connectivity index (χ1v) is 5.77. The van der Waals surface area contributed by atoms with Crippen LogP contribution in [0.25, 0.3) is 0 Å². The molecule has 0 bridgehead atoms. The maximum atomic E-state index is 11.8. The topological polar surface area (TPSA) is 56.1 Å². The summed E-state index contributed by atoms with van der Waals surface area (Å²) in [5.74, 6) is -0.159. The molecule has 1 heterocycles. The summed E-state index contributed by atoms with van der Waals surface area (Å²) in [6.07, 6.45) is 1.93. The van der Waals surface area contributed by atoms with Crippen LogP contribution >= 0.6 is 11.8 Å². The van der Waals surface area contributed by atoms with Crippen LogP contribution in [-0.4, -0.2) is 18.2 Å². The zero-order valence-corrected chi connectivity index (χ0v) is 9.84. The average Bonchev–Trinajstić information content (AvgIpc) is 2.30. The van der Waals surface area contributed by atoms with Gasteiger partial charge in [-0.05, 0) is 25.1 Å². The summed E-state index contributed by atoms with van der Waals surface area (Å²) in [5, 5.41) is 11.8. The molecule has 4 nitrogen and oxygen atoms in total. The maximum absolute atomic E-state index is 11.8. The normalized spacial score (nSPS) is 18.9. The molecule has 0 saturated carbocycles. The van der Waals surface area contributed by atoms with Crippen LogP contribution in [0.1, 0.15) is 6.92 Å². The number of benzene rings is 1. The number of carbonyl (C=O) groups is 1. The third-order valence-electron chi connectivity index (χ3n) is 2.46. The zero-order valence-electron chi connectivity index (χ0n) is 9.02. The number of nitrogens with zero attached hydrogens (tertiary/aromatic N) is 2. The molecule has 0 spiro atoms. The van der Waals surface area contributed by atoms with Crippen molar-refractivity contribution in [2.75, 3.05) is 17.3 Å².